The van der Waals surface area contributed by atoms with Crippen LogP contribution < -0.4 is 10.2 Å². The van der Waals surface area contributed by atoms with E-state index in [0.717, 1.165) is 46.7 Å². The van der Waals surface area contributed by atoms with Gasteiger partial charge in [-0.2, -0.15) is 0 Å². The highest BCUT2D eigenvalue weighted by Crippen LogP contribution is 2.37. The molecule has 0 aliphatic rings. The van der Waals surface area contributed by atoms with Crippen LogP contribution >= 0.6 is 0 Å². The van der Waals surface area contributed by atoms with Crippen molar-refractivity contribution in [2.75, 3.05) is 17.3 Å². The number of rotatable bonds is 17. The maximum absolute atomic E-state index is 4.69. The highest BCUT2D eigenvalue weighted by atomic mass is 28.3. The molecule has 0 amide bonds. The van der Waals surface area contributed by atoms with Crippen LogP contribution in [0.5, 0.6) is 0 Å². The van der Waals surface area contributed by atoms with E-state index in [1.165, 1.54) is 27.1 Å². The monoisotopic (exact) mass is 678 g/mol. The topological polar surface area (TPSA) is 18.3 Å². The van der Waals surface area contributed by atoms with Gasteiger partial charge in [0.2, 0.25) is 0 Å². The van der Waals surface area contributed by atoms with E-state index in [0.29, 0.717) is 6.42 Å². The molecule has 0 aliphatic heterocycles. The molecule has 258 valence electrons. The zero-order chi connectivity index (χ0) is 36.4. The molecule has 3 nitrogen and oxygen atoms in total. The van der Waals surface area contributed by atoms with Crippen LogP contribution in [0.15, 0.2) is 164 Å². The predicted octanol–water partition coefficient (Wildman–Crippen LogP) is 12.7. The molecule has 50 heavy (non-hydrogen) atoms. The quantitative estimate of drug-likeness (QED) is 0.0518. The second-order valence-electron chi connectivity index (χ2n) is 14.3. The molecule has 0 bridgehead atoms. The molecule has 0 radical (unpaired) electrons. The lowest BCUT2D eigenvalue weighted by molar-refractivity contribution is -0.500. The molecule has 4 rings (SSSR count). The average molecular weight is 679 g/mol. The zero-order valence-corrected chi connectivity index (χ0v) is 32.2. The summed E-state index contributed by atoms with van der Waals surface area (Å²) in [6.07, 6.45) is 10.8. The van der Waals surface area contributed by atoms with Crippen LogP contribution in [0.1, 0.15) is 33.1 Å². The third-order valence-electron chi connectivity index (χ3n) is 9.77. The fraction of sp³-hybridized carbons (Fsp3) is 0.239. The fourth-order valence-electron chi connectivity index (χ4n) is 6.15. The van der Waals surface area contributed by atoms with Gasteiger partial charge in [0, 0.05) is 24.4 Å². The molecule has 4 aromatic carbocycles. The molecular formula is C46H56N3Si+. The maximum atomic E-state index is 4.69. The lowest BCUT2D eigenvalue weighted by Gasteiger charge is -2.30. The van der Waals surface area contributed by atoms with Crippen molar-refractivity contribution in [1.29, 1.82) is 0 Å². The first kappa shape index (κ1) is 37.9. The van der Waals surface area contributed by atoms with Gasteiger partial charge in [-0.15, -0.1) is 0 Å². The van der Waals surface area contributed by atoms with Gasteiger partial charge in [-0.05, 0) is 83.6 Å². The predicted molar refractivity (Wildman–Crippen MR) is 226 cm³/mol. The number of hydrogen-bond donors (Lipinski definition) is 1. The summed E-state index contributed by atoms with van der Waals surface area (Å²) in [5, 5.41) is 7.49. The molecule has 4 heteroatoms. The van der Waals surface area contributed by atoms with Gasteiger partial charge in [0.05, 0.1) is 25.9 Å². The Labute approximate surface area is 303 Å². The lowest BCUT2D eigenvalue weighted by atomic mass is 9.84. The van der Waals surface area contributed by atoms with Crippen LogP contribution in [-0.4, -0.2) is 32.5 Å². The minimum atomic E-state index is -1.52. The molecule has 0 fully saturated rings. The van der Waals surface area contributed by atoms with Crippen molar-refractivity contribution >= 4 is 42.6 Å². The van der Waals surface area contributed by atoms with Crippen molar-refractivity contribution in [3.8, 4) is 11.1 Å². The van der Waals surface area contributed by atoms with Crippen LogP contribution in [0.2, 0.25) is 19.6 Å². The molecule has 0 aliphatic carbocycles. The number of benzene rings is 4. The molecule has 0 spiro atoms. The summed E-state index contributed by atoms with van der Waals surface area (Å²) in [5.74, 6) is 0.111. The van der Waals surface area contributed by atoms with Crippen LogP contribution in [-0.2, 0) is 0 Å². The molecule has 2 unspecified atom stereocenters. The summed E-state index contributed by atoms with van der Waals surface area (Å²) in [7, 11) is 0.598. The van der Waals surface area contributed by atoms with E-state index in [9.17, 15) is 0 Å². The van der Waals surface area contributed by atoms with Crippen molar-refractivity contribution < 1.29 is 4.58 Å². The van der Waals surface area contributed by atoms with Gasteiger partial charge in [0.1, 0.15) is 6.72 Å². The largest absolute Gasteiger partial charge is 0.354 e. The number of anilines is 3. The molecule has 2 atom stereocenters. The standard InChI is InChI=1S/C46H56N3Si/c1-12-19-34(3)24-29-43(35(4)13-2)45(48(7)33-37(6)50(9,10)11)30-36(5)49(8)46-32-41-23-18-17-22-40(41)31-44(46)47-42-27-25-39(26-28-42)38-20-15-14-16-21-38/h12-23,25-28,31-33,43,45,47H,2-5,7,24,29-30H2,1,6,8-11H3/q+1/b19-12-,37-33+. The number of nitrogens with zero attached hydrogens (tertiary/aromatic N) is 2. The third-order valence-corrected chi connectivity index (χ3v) is 12.3. The first-order chi connectivity index (χ1) is 23.8. The molecule has 0 heterocycles. The average Bonchev–Trinajstić information content (AvgIpc) is 3.10. The van der Waals surface area contributed by atoms with Gasteiger partial charge in [0.15, 0.2) is 12.2 Å². The Hall–Kier alpha value is -4.93. The first-order valence-electron chi connectivity index (χ1n) is 17.6. The lowest BCUT2D eigenvalue weighted by Crippen LogP contribution is -2.35. The van der Waals surface area contributed by atoms with Gasteiger partial charge >= 0.3 is 0 Å². The molecule has 0 saturated carbocycles. The molecule has 4 aromatic rings. The number of fused-ring (bicyclic) bond motifs is 1. The Kier molecular flexibility index (Phi) is 13.0. The molecular weight excluding hydrogens is 623 g/mol. The highest BCUT2D eigenvalue weighted by molar-refractivity contribution is 6.82. The van der Waals surface area contributed by atoms with Crippen LogP contribution in [0.3, 0.4) is 0 Å². The van der Waals surface area contributed by atoms with Gasteiger partial charge in [0.25, 0.3) is 0 Å². The summed E-state index contributed by atoms with van der Waals surface area (Å²) < 4.78 is 2.16. The number of allylic oxidation sites excluding steroid dienone is 5. The smallest absolute Gasteiger partial charge is 0.169 e. The van der Waals surface area contributed by atoms with Gasteiger partial charge in [-0.3, -0.25) is 0 Å². The van der Waals surface area contributed by atoms with E-state index in [1.54, 1.807) is 0 Å². The summed E-state index contributed by atoms with van der Waals surface area (Å²) in [6, 6.07) is 32.1. The number of hydrogen-bond acceptors (Lipinski definition) is 2. The third kappa shape index (κ3) is 9.83. The van der Waals surface area contributed by atoms with Crippen molar-refractivity contribution in [1.82, 2.24) is 0 Å². The Bertz CT molecular complexity index is 1900. The van der Waals surface area contributed by atoms with Crippen molar-refractivity contribution in [3.63, 3.8) is 0 Å². The van der Waals surface area contributed by atoms with E-state index >= 15 is 0 Å². The van der Waals surface area contributed by atoms with Gasteiger partial charge in [-0.1, -0.05) is 136 Å². The normalized spacial score (nSPS) is 13.1. The van der Waals surface area contributed by atoms with Crippen LogP contribution in [0.25, 0.3) is 21.9 Å². The highest BCUT2D eigenvalue weighted by Gasteiger charge is 2.33. The van der Waals surface area contributed by atoms with E-state index in [-0.39, 0.29) is 12.0 Å². The summed E-state index contributed by atoms with van der Waals surface area (Å²) >= 11 is 0. The van der Waals surface area contributed by atoms with Gasteiger partial charge < -0.3 is 10.2 Å². The van der Waals surface area contributed by atoms with Crippen molar-refractivity contribution in [2.24, 2.45) is 5.92 Å². The second-order valence-corrected chi connectivity index (χ2v) is 19.6. The first-order valence-corrected chi connectivity index (χ1v) is 21.1. The molecule has 0 saturated heterocycles. The van der Waals surface area contributed by atoms with Crippen LogP contribution in [0.4, 0.5) is 17.1 Å². The summed E-state index contributed by atoms with van der Waals surface area (Å²) in [6.45, 7) is 33.6. The Morgan fingerprint density at radius 3 is 2.08 bits per heavy atom. The SMILES string of the molecule is C=CC(=C)C(CCC(=C)/C=C\C)C(CC(=C)N(C)c1cc2ccccc2cc1Nc1ccc(-c2ccccc2)cc1)[N+](=C)/C=C(\C)[Si](C)(C)C. The number of nitrogens with one attached hydrogen (secondary N) is 1. The van der Waals surface area contributed by atoms with Crippen LogP contribution in [0, 0.1) is 5.92 Å². The van der Waals surface area contributed by atoms with Crippen molar-refractivity contribution in [3.05, 3.63) is 164 Å². The fourth-order valence-corrected chi connectivity index (χ4v) is 6.70. The van der Waals surface area contributed by atoms with E-state index in [1.807, 2.05) is 19.1 Å². The minimum absolute atomic E-state index is 0.0163. The van der Waals surface area contributed by atoms with E-state index in [2.05, 4.69) is 178 Å². The minimum Gasteiger partial charge on any atom is -0.354 e. The van der Waals surface area contributed by atoms with E-state index < -0.39 is 8.07 Å². The van der Waals surface area contributed by atoms with E-state index in [4.69, 9.17) is 6.58 Å². The Morgan fingerprint density at radius 1 is 0.880 bits per heavy atom. The maximum Gasteiger partial charge on any atom is 0.169 e. The molecule has 1 N–H and O–H groups in total. The summed E-state index contributed by atoms with van der Waals surface area (Å²) in [5.41, 5.74) is 8.61. The molecule has 0 aromatic heterocycles. The second kappa shape index (κ2) is 17.1. The summed E-state index contributed by atoms with van der Waals surface area (Å²) in [4.78, 5) is 2.23. The Balaban J connectivity index is 1.71. The zero-order valence-electron chi connectivity index (χ0n) is 31.2. The van der Waals surface area contributed by atoms with Gasteiger partial charge in [-0.25, -0.2) is 4.58 Å². The Morgan fingerprint density at radius 2 is 1.48 bits per heavy atom. The van der Waals surface area contributed by atoms with Crippen molar-refractivity contribution in [2.45, 2.75) is 58.8 Å².